The molecule has 1 atom stereocenters. The fraction of sp³-hybridized carbons (Fsp3) is 0.600. The van der Waals surface area contributed by atoms with Crippen LogP contribution in [-0.2, 0) is 11.3 Å². The molecular formula is C15H23BrN2O2. The number of ether oxygens (including phenoxy) is 1. The molecule has 4 nitrogen and oxygen atoms in total. The number of nitrogens with zero attached hydrogens (tertiary/aromatic N) is 1. The Hall–Kier alpha value is -0.620. The third-order valence-electron chi connectivity index (χ3n) is 3.58. The number of anilines is 1. The molecule has 2 rings (SSSR count). The summed E-state index contributed by atoms with van der Waals surface area (Å²) < 4.78 is 6.13. The van der Waals surface area contributed by atoms with Crippen LogP contribution in [0.4, 0.5) is 5.69 Å². The number of aliphatic hydroxyl groups excluding tert-OH is 1. The van der Waals surface area contributed by atoms with Crippen LogP contribution in [0.25, 0.3) is 0 Å². The van der Waals surface area contributed by atoms with Crippen molar-refractivity contribution < 1.29 is 9.84 Å². The standard InChI is InChI=1S/C15H23BrN2O2/c1-20-8-6-17-10-12-9-13(16)4-5-15(12)18-7-2-3-14(19)11-18/h4-5,9,14,17,19H,2-3,6-8,10-11H2,1H3. The van der Waals surface area contributed by atoms with Gasteiger partial charge in [-0.2, -0.15) is 0 Å². The first-order valence-electron chi connectivity index (χ1n) is 7.12. The summed E-state index contributed by atoms with van der Waals surface area (Å²) in [5, 5.41) is 13.2. The molecule has 1 aliphatic heterocycles. The zero-order valence-electron chi connectivity index (χ0n) is 11.9. The van der Waals surface area contributed by atoms with E-state index in [1.54, 1.807) is 7.11 Å². The minimum atomic E-state index is -0.207. The monoisotopic (exact) mass is 342 g/mol. The number of nitrogens with one attached hydrogen (secondary N) is 1. The number of piperidine rings is 1. The quantitative estimate of drug-likeness (QED) is 0.777. The van der Waals surface area contributed by atoms with E-state index in [0.717, 1.165) is 43.5 Å². The van der Waals surface area contributed by atoms with E-state index in [1.807, 2.05) is 0 Å². The number of methoxy groups -OCH3 is 1. The molecule has 1 heterocycles. The summed E-state index contributed by atoms with van der Waals surface area (Å²) in [7, 11) is 1.71. The Morgan fingerprint density at radius 2 is 2.35 bits per heavy atom. The van der Waals surface area contributed by atoms with Crippen molar-refractivity contribution in [1.29, 1.82) is 0 Å². The van der Waals surface area contributed by atoms with Crippen LogP contribution in [0.5, 0.6) is 0 Å². The van der Waals surface area contributed by atoms with Crippen molar-refractivity contribution in [2.45, 2.75) is 25.5 Å². The van der Waals surface area contributed by atoms with Crippen LogP contribution in [0.3, 0.4) is 0 Å². The van der Waals surface area contributed by atoms with E-state index in [4.69, 9.17) is 4.74 Å². The van der Waals surface area contributed by atoms with Gasteiger partial charge >= 0.3 is 0 Å². The van der Waals surface area contributed by atoms with Crippen molar-refractivity contribution in [2.75, 3.05) is 38.3 Å². The van der Waals surface area contributed by atoms with Crippen LogP contribution in [0.15, 0.2) is 22.7 Å². The molecule has 20 heavy (non-hydrogen) atoms. The average molecular weight is 343 g/mol. The highest BCUT2D eigenvalue weighted by atomic mass is 79.9. The van der Waals surface area contributed by atoms with Crippen molar-refractivity contribution in [1.82, 2.24) is 5.32 Å². The van der Waals surface area contributed by atoms with Crippen LogP contribution in [-0.4, -0.2) is 44.6 Å². The van der Waals surface area contributed by atoms with Crippen molar-refractivity contribution in [3.63, 3.8) is 0 Å². The summed E-state index contributed by atoms with van der Waals surface area (Å²) in [6.45, 7) is 4.11. The van der Waals surface area contributed by atoms with Crippen LogP contribution in [0.2, 0.25) is 0 Å². The zero-order valence-corrected chi connectivity index (χ0v) is 13.5. The normalized spacial score (nSPS) is 19.4. The number of β-amino-alcohol motifs (C(OH)–C–C–N with tert-alkyl or cyclic N) is 1. The van der Waals surface area contributed by atoms with Gasteiger partial charge in [-0.15, -0.1) is 0 Å². The Kier molecular flexibility index (Phi) is 6.29. The maximum Gasteiger partial charge on any atom is 0.0715 e. The van der Waals surface area contributed by atoms with Gasteiger partial charge in [0.2, 0.25) is 0 Å². The van der Waals surface area contributed by atoms with E-state index in [1.165, 1.54) is 11.3 Å². The fourth-order valence-electron chi connectivity index (χ4n) is 2.58. The summed E-state index contributed by atoms with van der Waals surface area (Å²) >= 11 is 3.53. The zero-order chi connectivity index (χ0) is 14.4. The van der Waals surface area contributed by atoms with Gasteiger partial charge in [0, 0.05) is 43.4 Å². The van der Waals surface area contributed by atoms with Gasteiger partial charge in [0.25, 0.3) is 0 Å². The number of aliphatic hydroxyl groups is 1. The van der Waals surface area contributed by atoms with Gasteiger partial charge in [0.1, 0.15) is 0 Å². The van der Waals surface area contributed by atoms with E-state index < -0.39 is 0 Å². The Bertz CT molecular complexity index is 428. The minimum absolute atomic E-state index is 0.207. The van der Waals surface area contributed by atoms with Gasteiger partial charge in [-0.25, -0.2) is 0 Å². The predicted octanol–water partition coefficient (Wildman–Crippen LogP) is 2.15. The van der Waals surface area contributed by atoms with Crippen molar-refractivity contribution in [2.24, 2.45) is 0 Å². The molecule has 0 spiro atoms. The van der Waals surface area contributed by atoms with Gasteiger partial charge < -0.3 is 20.1 Å². The van der Waals surface area contributed by atoms with Crippen molar-refractivity contribution >= 4 is 21.6 Å². The second-order valence-corrected chi connectivity index (χ2v) is 6.10. The average Bonchev–Trinajstić information content (AvgIpc) is 2.44. The summed E-state index contributed by atoms with van der Waals surface area (Å²) in [6.07, 6.45) is 1.75. The SMILES string of the molecule is COCCNCc1cc(Br)ccc1N1CCCC(O)C1. The number of benzene rings is 1. The molecule has 1 aromatic carbocycles. The predicted molar refractivity (Wildman–Crippen MR) is 85.2 cm³/mol. The number of hydrogen-bond acceptors (Lipinski definition) is 4. The minimum Gasteiger partial charge on any atom is -0.391 e. The molecule has 0 saturated carbocycles. The van der Waals surface area contributed by atoms with Gasteiger partial charge in [0.05, 0.1) is 12.7 Å². The van der Waals surface area contributed by atoms with Crippen LogP contribution < -0.4 is 10.2 Å². The lowest BCUT2D eigenvalue weighted by Crippen LogP contribution is -2.39. The fourth-order valence-corrected chi connectivity index (χ4v) is 2.98. The molecule has 112 valence electrons. The lowest BCUT2D eigenvalue weighted by Gasteiger charge is -2.33. The Morgan fingerprint density at radius 3 is 3.10 bits per heavy atom. The highest BCUT2D eigenvalue weighted by molar-refractivity contribution is 9.10. The lowest BCUT2D eigenvalue weighted by atomic mass is 10.1. The van der Waals surface area contributed by atoms with E-state index in [0.29, 0.717) is 6.61 Å². The molecule has 1 fully saturated rings. The topological polar surface area (TPSA) is 44.7 Å². The number of rotatable bonds is 6. The van der Waals surface area contributed by atoms with Crippen molar-refractivity contribution in [3.05, 3.63) is 28.2 Å². The third kappa shape index (κ3) is 4.45. The molecule has 1 saturated heterocycles. The smallest absolute Gasteiger partial charge is 0.0715 e. The lowest BCUT2D eigenvalue weighted by molar-refractivity contribution is 0.154. The highest BCUT2D eigenvalue weighted by Crippen LogP contribution is 2.27. The first-order chi connectivity index (χ1) is 9.70. The van der Waals surface area contributed by atoms with Crippen molar-refractivity contribution in [3.8, 4) is 0 Å². The molecule has 0 aromatic heterocycles. The Morgan fingerprint density at radius 1 is 1.50 bits per heavy atom. The third-order valence-corrected chi connectivity index (χ3v) is 4.07. The van der Waals surface area contributed by atoms with E-state index in [-0.39, 0.29) is 6.10 Å². The van der Waals surface area contributed by atoms with E-state index >= 15 is 0 Å². The van der Waals surface area contributed by atoms with Gasteiger partial charge in [-0.1, -0.05) is 15.9 Å². The Balaban J connectivity index is 2.06. The summed E-state index contributed by atoms with van der Waals surface area (Å²) in [5.74, 6) is 0. The molecule has 0 bridgehead atoms. The second-order valence-electron chi connectivity index (χ2n) is 5.18. The van der Waals surface area contributed by atoms with Gasteiger partial charge in [-0.3, -0.25) is 0 Å². The van der Waals surface area contributed by atoms with Crippen LogP contribution in [0.1, 0.15) is 18.4 Å². The number of halogens is 1. The molecular weight excluding hydrogens is 320 g/mol. The summed E-state index contributed by atoms with van der Waals surface area (Å²) in [6, 6.07) is 6.35. The summed E-state index contributed by atoms with van der Waals surface area (Å²) in [5.41, 5.74) is 2.47. The maximum absolute atomic E-state index is 9.85. The molecule has 2 N–H and O–H groups in total. The molecule has 1 aliphatic rings. The molecule has 0 amide bonds. The maximum atomic E-state index is 9.85. The first kappa shape index (κ1) is 15.8. The van der Waals surface area contributed by atoms with Crippen LogP contribution in [0, 0.1) is 0 Å². The summed E-state index contributed by atoms with van der Waals surface area (Å²) in [4.78, 5) is 2.29. The van der Waals surface area contributed by atoms with E-state index in [2.05, 4.69) is 44.3 Å². The first-order valence-corrected chi connectivity index (χ1v) is 7.91. The Labute approximate surface area is 129 Å². The number of hydrogen-bond donors (Lipinski definition) is 2. The molecule has 1 aromatic rings. The largest absolute Gasteiger partial charge is 0.391 e. The van der Waals surface area contributed by atoms with Crippen LogP contribution >= 0.6 is 15.9 Å². The molecule has 0 aliphatic carbocycles. The second kappa shape index (κ2) is 7.98. The van der Waals surface area contributed by atoms with Gasteiger partial charge in [0.15, 0.2) is 0 Å². The van der Waals surface area contributed by atoms with Gasteiger partial charge in [-0.05, 0) is 36.6 Å². The molecule has 5 heteroatoms. The van der Waals surface area contributed by atoms with E-state index in [9.17, 15) is 5.11 Å². The molecule has 1 unspecified atom stereocenters. The highest BCUT2D eigenvalue weighted by Gasteiger charge is 2.19. The molecule has 0 radical (unpaired) electrons.